The first kappa shape index (κ1) is 16.7. The predicted molar refractivity (Wildman–Crippen MR) is 101 cm³/mol. The first-order valence-electron chi connectivity index (χ1n) is 8.72. The Kier molecular flexibility index (Phi) is 5.99. The van der Waals surface area contributed by atoms with Crippen LogP contribution in [0.25, 0.3) is 0 Å². The second-order valence-corrected chi connectivity index (χ2v) is 6.15. The Morgan fingerprint density at radius 2 is 1.58 bits per heavy atom. The van der Waals surface area contributed by atoms with Gasteiger partial charge in [-0.25, -0.2) is 0 Å². The van der Waals surface area contributed by atoms with Gasteiger partial charge in [0.2, 0.25) is 0 Å². The van der Waals surface area contributed by atoms with Crippen molar-refractivity contribution in [3.63, 3.8) is 0 Å². The molecule has 4 heteroatoms. The fourth-order valence-electron chi connectivity index (χ4n) is 3.00. The Morgan fingerprint density at radius 3 is 2.33 bits per heavy atom. The number of likely N-dealkylation sites (N-methyl/N-ethyl adjacent to an activating group) is 1. The lowest BCUT2D eigenvalue weighted by Crippen LogP contribution is -2.45. The molecule has 0 amide bonds. The van der Waals surface area contributed by atoms with Crippen LogP contribution in [0.4, 0.5) is 5.69 Å². The fraction of sp³-hybridized carbons (Fsp3) is 0.350. The van der Waals surface area contributed by atoms with Crippen molar-refractivity contribution < 1.29 is 0 Å². The molecular formula is C20H26N4. The molecule has 1 saturated heterocycles. The zero-order valence-electron chi connectivity index (χ0n) is 14.4. The smallest absolute Gasteiger partial charge is 0.0561 e. The third kappa shape index (κ3) is 4.66. The molecule has 0 aromatic heterocycles. The van der Waals surface area contributed by atoms with E-state index in [1.165, 1.54) is 24.2 Å². The molecule has 3 rings (SSSR count). The highest BCUT2D eigenvalue weighted by atomic mass is 15.3. The highest BCUT2D eigenvalue weighted by Gasteiger charge is 2.16. The molecule has 1 aliphatic rings. The van der Waals surface area contributed by atoms with Gasteiger partial charge in [-0.05, 0) is 29.8 Å². The largest absolute Gasteiger partial charge is 0.301 e. The van der Waals surface area contributed by atoms with Crippen molar-refractivity contribution in [1.82, 2.24) is 9.80 Å². The van der Waals surface area contributed by atoms with Crippen LogP contribution < -0.4 is 5.43 Å². The van der Waals surface area contributed by atoms with Crippen LogP contribution in [0.15, 0.2) is 59.7 Å². The van der Waals surface area contributed by atoms with Crippen LogP contribution in [0.1, 0.15) is 18.1 Å². The summed E-state index contributed by atoms with van der Waals surface area (Å²) in [5.41, 5.74) is 6.60. The molecule has 0 atom stereocenters. The van der Waals surface area contributed by atoms with Crippen molar-refractivity contribution in [3.05, 3.63) is 65.7 Å². The number of nitrogens with one attached hydrogen (secondary N) is 1. The number of piperazine rings is 1. The molecule has 1 fully saturated rings. The number of hydrazone groups is 1. The van der Waals surface area contributed by atoms with Crippen molar-refractivity contribution in [3.8, 4) is 0 Å². The van der Waals surface area contributed by atoms with Gasteiger partial charge < -0.3 is 4.90 Å². The molecule has 0 unspecified atom stereocenters. The van der Waals surface area contributed by atoms with E-state index < -0.39 is 0 Å². The fourth-order valence-corrected chi connectivity index (χ4v) is 3.00. The average molecular weight is 322 g/mol. The van der Waals surface area contributed by atoms with Crippen molar-refractivity contribution in [2.45, 2.75) is 13.5 Å². The normalized spacial score (nSPS) is 16.5. The van der Waals surface area contributed by atoms with Crippen molar-refractivity contribution >= 4 is 11.9 Å². The zero-order chi connectivity index (χ0) is 16.6. The van der Waals surface area contributed by atoms with Crippen molar-refractivity contribution in [1.29, 1.82) is 0 Å². The zero-order valence-corrected chi connectivity index (χ0v) is 14.4. The lowest BCUT2D eigenvalue weighted by molar-refractivity contribution is 0.132. The van der Waals surface area contributed by atoms with Gasteiger partial charge in [0.15, 0.2) is 0 Å². The summed E-state index contributed by atoms with van der Waals surface area (Å²) in [4.78, 5) is 5.04. The maximum absolute atomic E-state index is 4.39. The van der Waals surface area contributed by atoms with E-state index in [1.54, 1.807) is 0 Å². The monoisotopic (exact) mass is 322 g/mol. The Labute approximate surface area is 144 Å². The number of para-hydroxylation sites is 1. The van der Waals surface area contributed by atoms with Gasteiger partial charge in [-0.2, -0.15) is 5.10 Å². The first-order valence-corrected chi connectivity index (χ1v) is 8.72. The standard InChI is InChI=1S/C20H26N4/c1-2-23-12-14-24(15-13-23)17-19-9-7-6-8-18(19)16-21-22-20-10-4-3-5-11-20/h3-11,16,22H,2,12-15,17H2,1H3. The third-order valence-corrected chi connectivity index (χ3v) is 4.53. The van der Waals surface area contributed by atoms with E-state index in [9.17, 15) is 0 Å². The van der Waals surface area contributed by atoms with Gasteiger partial charge in [-0.3, -0.25) is 10.3 Å². The highest BCUT2D eigenvalue weighted by molar-refractivity contribution is 5.82. The molecule has 2 aromatic carbocycles. The minimum Gasteiger partial charge on any atom is -0.301 e. The Morgan fingerprint density at radius 1 is 0.917 bits per heavy atom. The van der Waals surface area contributed by atoms with Crippen LogP contribution >= 0.6 is 0 Å². The van der Waals surface area contributed by atoms with Gasteiger partial charge in [-0.1, -0.05) is 49.4 Å². The van der Waals surface area contributed by atoms with Crippen molar-refractivity contribution in [2.75, 3.05) is 38.1 Å². The van der Waals surface area contributed by atoms with Gasteiger partial charge in [0.1, 0.15) is 0 Å². The van der Waals surface area contributed by atoms with E-state index in [0.717, 1.165) is 31.9 Å². The van der Waals surface area contributed by atoms with E-state index in [4.69, 9.17) is 0 Å². The summed E-state index contributed by atoms with van der Waals surface area (Å²) in [5.74, 6) is 0. The summed E-state index contributed by atoms with van der Waals surface area (Å²) >= 11 is 0. The lowest BCUT2D eigenvalue weighted by atomic mass is 10.1. The quantitative estimate of drug-likeness (QED) is 0.654. The maximum atomic E-state index is 4.39. The summed E-state index contributed by atoms with van der Waals surface area (Å²) in [6, 6.07) is 18.5. The van der Waals surface area contributed by atoms with E-state index in [2.05, 4.69) is 51.5 Å². The molecule has 126 valence electrons. The van der Waals surface area contributed by atoms with Crippen LogP contribution in [0, 0.1) is 0 Å². The Bertz CT molecular complexity index is 646. The molecule has 0 saturated carbocycles. The lowest BCUT2D eigenvalue weighted by Gasteiger charge is -2.34. The molecule has 24 heavy (non-hydrogen) atoms. The number of anilines is 1. The predicted octanol–water partition coefficient (Wildman–Crippen LogP) is 3.27. The van der Waals surface area contributed by atoms with Crippen LogP contribution in [-0.2, 0) is 6.54 Å². The van der Waals surface area contributed by atoms with Gasteiger partial charge in [0, 0.05) is 32.7 Å². The molecular weight excluding hydrogens is 296 g/mol. The minimum atomic E-state index is 0.991. The second-order valence-electron chi connectivity index (χ2n) is 6.15. The van der Waals surface area contributed by atoms with Crippen LogP contribution in [0.3, 0.4) is 0 Å². The number of benzene rings is 2. The van der Waals surface area contributed by atoms with E-state index in [1.807, 2.05) is 36.5 Å². The Hall–Kier alpha value is -2.17. The summed E-state index contributed by atoms with van der Waals surface area (Å²) < 4.78 is 0. The van der Waals surface area contributed by atoms with Gasteiger partial charge in [0.25, 0.3) is 0 Å². The molecule has 0 radical (unpaired) electrons. The summed E-state index contributed by atoms with van der Waals surface area (Å²) in [7, 11) is 0. The van der Waals surface area contributed by atoms with E-state index in [0.29, 0.717) is 0 Å². The number of rotatable bonds is 6. The molecule has 1 aliphatic heterocycles. The SMILES string of the molecule is CCN1CCN(Cc2ccccc2C=NNc2ccccc2)CC1. The first-order chi connectivity index (χ1) is 11.8. The third-order valence-electron chi connectivity index (χ3n) is 4.53. The topological polar surface area (TPSA) is 30.9 Å². The summed E-state index contributed by atoms with van der Waals surface area (Å²) in [6.45, 7) is 9.00. The summed E-state index contributed by atoms with van der Waals surface area (Å²) in [5, 5.41) is 4.39. The second kappa shape index (κ2) is 8.62. The average Bonchev–Trinajstić information content (AvgIpc) is 2.65. The van der Waals surface area contributed by atoms with Gasteiger partial charge in [-0.15, -0.1) is 0 Å². The molecule has 0 bridgehead atoms. The van der Waals surface area contributed by atoms with Crippen LogP contribution in [0.2, 0.25) is 0 Å². The van der Waals surface area contributed by atoms with E-state index >= 15 is 0 Å². The molecule has 1 N–H and O–H groups in total. The number of hydrogen-bond acceptors (Lipinski definition) is 4. The van der Waals surface area contributed by atoms with E-state index in [-0.39, 0.29) is 0 Å². The molecule has 4 nitrogen and oxygen atoms in total. The van der Waals surface area contributed by atoms with Gasteiger partial charge in [0.05, 0.1) is 11.9 Å². The van der Waals surface area contributed by atoms with Gasteiger partial charge >= 0.3 is 0 Å². The molecule has 1 heterocycles. The molecule has 0 aliphatic carbocycles. The Balaban J connectivity index is 1.61. The molecule has 0 spiro atoms. The van der Waals surface area contributed by atoms with Crippen LogP contribution in [0.5, 0.6) is 0 Å². The van der Waals surface area contributed by atoms with Crippen molar-refractivity contribution in [2.24, 2.45) is 5.10 Å². The number of hydrogen-bond donors (Lipinski definition) is 1. The summed E-state index contributed by atoms with van der Waals surface area (Å²) in [6.07, 6.45) is 1.92. The number of nitrogens with zero attached hydrogens (tertiary/aromatic N) is 3. The maximum Gasteiger partial charge on any atom is 0.0561 e. The minimum absolute atomic E-state index is 0.991. The molecule has 2 aromatic rings. The highest BCUT2D eigenvalue weighted by Crippen LogP contribution is 2.12. The van der Waals surface area contributed by atoms with Crippen LogP contribution in [-0.4, -0.2) is 48.7 Å².